The molecule has 0 spiro atoms. The van der Waals surface area contributed by atoms with Crippen LogP contribution in [0.4, 0.5) is 0 Å². The summed E-state index contributed by atoms with van der Waals surface area (Å²) in [5, 5.41) is 14.6. The van der Waals surface area contributed by atoms with Crippen LogP contribution in [0.25, 0.3) is 0 Å². The molecule has 0 aromatic rings. The van der Waals surface area contributed by atoms with Crippen LogP contribution in [0, 0.1) is 11.8 Å². The van der Waals surface area contributed by atoms with E-state index in [2.05, 4.69) is 10.6 Å². The zero-order valence-electron chi connectivity index (χ0n) is 10.9. The molecule has 1 heterocycles. The predicted molar refractivity (Wildman–Crippen MR) is 66.2 cm³/mol. The van der Waals surface area contributed by atoms with Gasteiger partial charge in [-0.25, -0.2) is 0 Å². The highest BCUT2D eigenvalue weighted by atomic mass is 16.5. The summed E-state index contributed by atoms with van der Waals surface area (Å²) in [6, 6.07) is 0.0600. The third-order valence-corrected chi connectivity index (χ3v) is 3.03. The molecule has 6 nitrogen and oxygen atoms in total. The van der Waals surface area contributed by atoms with Gasteiger partial charge in [0.1, 0.15) is 0 Å². The number of nitrogens with one attached hydrogen (secondary N) is 2. The summed E-state index contributed by atoms with van der Waals surface area (Å²) in [6.45, 7) is 5.96. The van der Waals surface area contributed by atoms with Gasteiger partial charge in [-0.05, 0) is 12.5 Å². The Labute approximate surface area is 107 Å². The molecule has 3 unspecified atom stereocenters. The summed E-state index contributed by atoms with van der Waals surface area (Å²) in [6.07, 6.45) is 0.0675. The van der Waals surface area contributed by atoms with Crippen molar-refractivity contribution in [2.75, 3.05) is 26.3 Å². The molecular formula is C12H22N2O4. The molecule has 6 heteroatoms. The van der Waals surface area contributed by atoms with Gasteiger partial charge in [0.05, 0.1) is 19.1 Å². The maximum absolute atomic E-state index is 11.9. The van der Waals surface area contributed by atoms with Crippen molar-refractivity contribution in [3.63, 3.8) is 0 Å². The fourth-order valence-corrected chi connectivity index (χ4v) is 2.05. The third kappa shape index (κ3) is 4.62. The number of carbonyl (C=O) groups is 2. The molecule has 1 aliphatic heterocycles. The lowest BCUT2D eigenvalue weighted by Gasteiger charge is -2.19. The molecule has 18 heavy (non-hydrogen) atoms. The van der Waals surface area contributed by atoms with Gasteiger partial charge in [0, 0.05) is 19.0 Å². The first-order chi connectivity index (χ1) is 8.54. The van der Waals surface area contributed by atoms with Crippen molar-refractivity contribution >= 4 is 11.9 Å². The quantitative estimate of drug-likeness (QED) is 0.590. The fraction of sp³-hybridized carbons (Fsp3) is 0.833. The lowest BCUT2D eigenvalue weighted by molar-refractivity contribution is -0.138. The van der Waals surface area contributed by atoms with Gasteiger partial charge in [-0.15, -0.1) is 0 Å². The molecule has 3 N–H and O–H groups in total. The van der Waals surface area contributed by atoms with Crippen molar-refractivity contribution in [3.05, 3.63) is 0 Å². The molecule has 1 aliphatic rings. The molecule has 0 aliphatic carbocycles. The summed E-state index contributed by atoms with van der Waals surface area (Å²) < 4.78 is 5.30. The van der Waals surface area contributed by atoms with E-state index in [9.17, 15) is 9.59 Å². The lowest BCUT2D eigenvalue weighted by atomic mass is 10.0. The highest BCUT2D eigenvalue weighted by molar-refractivity contribution is 5.80. The number of hydrogen-bond acceptors (Lipinski definition) is 4. The number of carboxylic acid groups (broad SMARTS) is 1. The van der Waals surface area contributed by atoms with Gasteiger partial charge < -0.3 is 20.5 Å². The van der Waals surface area contributed by atoms with E-state index >= 15 is 0 Å². The number of ether oxygens (including phenoxy) is 1. The number of amides is 1. The first kappa shape index (κ1) is 14.9. The van der Waals surface area contributed by atoms with Gasteiger partial charge in [-0.2, -0.15) is 0 Å². The van der Waals surface area contributed by atoms with Crippen molar-refractivity contribution in [2.45, 2.75) is 26.3 Å². The van der Waals surface area contributed by atoms with E-state index in [1.54, 1.807) is 6.92 Å². The van der Waals surface area contributed by atoms with E-state index in [4.69, 9.17) is 9.84 Å². The van der Waals surface area contributed by atoms with Crippen molar-refractivity contribution in [1.82, 2.24) is 10.6 Å². The van der Waals surface area contributed by atoms with Gasteiger partial charge in [0.2, 0.25) is 5.91 Å². The van der Waals surface area contributed by atoms with Gasteiger partial charge in [0.15, 0.2) is 0 Å². The van der Waals surface area contributed by atoms with Crippen LogP contribution in [-0.4, -0.2) is 49.3 Å². The number of likely N-dealkylation sites (N-methyl/N-ethyl adjacent to an activating group) is 1. The highest BCUT2D eigenvalue weighted by Crippen LogP contribution is 2.14. The molecule has 0 bridgehead atoms. The van der Waals surface area contributed by atoms with Gasteiger partial charge in [-0.1, -0.05) is 13.8 Å². The van der Waals surface area contributed by atoms with Crippen molar-refractivity contribution < 1.29 is 19.4 Å². The van der Waals surface area contributed by atoms with E-state index in [0.29, 0.717) is 19.8 Å². The van der Waals surface area contributed by atoms with E-state index in [1.165, 1.54) is 0 Å². The van der Waals surface area contributed by atoms with E-state index in [-0.39, 0.29) is 30.2 Å². The number of carboxylic acids is 1. The van der Waals surface area contributed by atoms with E-state index < -0.39 is 5.97 Å². The fourth-order valence-electron chi connectivity index (χ4n) is 2.05. The molecule has 1 amide bonds. The number of carbonyl (C=O) groups excluding carboxylic acids is 1. The Balaban J connectivity index is 2.33. The minimum absolute atomic E-state index is 0.0595. The van der Waals surface area contributed by atoms with Gasteiger partial charge >= 0.3 is 5.97 Å². The maximum atomic E-state index is 11.9. The van der Waals surface area contributed by atoms with Crippen LogP contribution in [-0.2, 0) is 14.3 Å². The molecular weight excluding hydrogens is 236 g/mol. The largest absolute Gasteiger partial charge is 0.481 e. The number of hydrogen-bond donors (Lipinski definition) is 3. The second-order valence-corrected chi connectivity index (χ2v) is 4.76. The zero-order chi connectivity index (χ0) is 13.5. The second kappa shape index (κ2) is 7.33. The van der Waals surface area contributed by atoms with Gasteiger partial charge in [-0.3, -0.25) is 9.59 Å². The Kier molecular flexibility index (Phi) is 6.07. The smallest absolute Gasteiger partial charge is 0.303 e. The number of rotatable bonds is 7. The Morgan fingerprint density at radius 1 is 1.44 bits per heavy atom. The lowest BCUT2D eigenvalue weighted by Crippen LogP contribution is -2.44. The van der Waals surface area contributed by atoms with Crippen LogP contribution in [0.15, 0.2) is 0 Å². The van der Waals surface area contributed by atoms with Crippen molar-refractivity contribution in [2.24, 2.45) is 11.8 Å². The topological polar surface area (TPSA) is 87.7 Å². The van der Waals surface area contributed by atoms with Crippen molar-refractivity contribution in [1.29, 1.82) is 0 Å². The Hall–Kier alpha value is -1.14. The van der Waals surface area contributed by atoms with Crippen LogP contribution >= 0.6 is 0 Å². The number of aliphatic carboxylic acids is 1. The summed E-state index contributed by atoms with van der Waals surface area (Å²) >= 11 is 0. The Morgan fingerprint density at radius 3 is 2.78 bits per heavy atom. The molecule has 0 aromatic heterocycles. The van der Waals surface area contributed by atoms with Crippen LogP contribution in [0.1, 0.15) is 20.3 Å². The van der Waals surface area contributed by atoms with Crippen molar-refractivity contribution in [3.8, 4) is 0 Å². The van der Waals surface area contributed by atoms with Crippen LogP contribution in [0.3, 0.4) is 0 Å². The normalized spacial score (nSPS) is 24.8. The molecule has 0 saturated carbocycles. The molecule has 3 atom stereocenters. The SMILES string of the molecule is CCNC1COCC1C(=O)NCC(C)CC(=O)O. The maximum Gasteiger partial charge on any atom is 0.303 e. The summed E-state index contributed by atoms with van der Waals surface area (Å²) in [5.41, 5.74) is 0. The third-order valence-electron chi connectivity index (χ3n) is 3.03. The molecule has 0 radical (unpaired) electrons. The minimum atomic E-state index is -0.841. The predicted octanol–water partition coefficient (Wildman–Crippen LogP) is -0.162. The van der Waals surface area contributed by atoms with Crippen LogP contribution in [0.2, 0.25) is 0 Å². The second-order valence-electron chi connectivity index (χ2n) is 4.76. The zero-order valence-corrected chi connectivity index (χ0v) is 10.9. The summed E-state index contributed by atoms with van der Waals surface area (Å²) in [5.74, 6) is -1.14. The summed E-state index contributed by atoms with van der Waals surface area (Å²) in [4.78, 5) is 22.4. The molecule has 1 fully saturated rings. The highest BCUT2D eigenvalue weighted by Gasteiger charge is 2.33. The average molecular weight is 258 g/mol. The molecule has 0 aromatic carbocycles. The summed E-state index contributed by atoms with van der Waals surface area (Å²) in [7, 11) is 0. The molecule has 104 valence electrons. The Bertz CT molecular complexity index is 296. The first-order valence-electron chi connectivity index (χ1n) is 6.35. The van der Waals surface area contributed by atoms with E-state index in [1.807, 2.05) is 6.92 Å². The monoisotopic (exact) mass is 258 g/mol. The minimum Gasteiger partial charge on any atom is -0.481 e. The average Bonchev–Trinajstić information content (AvgIpc) is 2.74. The standard InChI is InChI=1S/C12H22N2O4/c1-3-13-10-7-18-6-9(10)12(17)14-5-8(2)4-11(15)16/h8-10,13H,3-7H2,1-2H3,(H,14,17)(H,15,16). The first-order valence-corrected chi connectivity index (χ1v) is 6.35. The van der Waals surface area contributed by atoms with Crippen LogP contribution < -0.4 is 10.6 Å². The van der Waals surface area contributed by atoms with Gasteiger partial charge in [0.25, 0.3) is 0 Å². The Morgan fingerprint density at radius 2 is 2.17 bits per heavy atom. The van der Waals surface area contributed by atoms with E-state index in [0.717, 1.165) is 6.54 Å². The molecule has 1 rings (SSSR count). The van der Waals surface area contributed by atoms with Crippen LogP contribution in [0.5, 0.6) is 0 Å². The molecule has 1 saturated heterocycles.